The van der Waals surface area contributed by atoms with Crippen LogP contribution in [0, 0.1) is 6.92 Å². The monoisotopic (exact) mass is 244 g/mol. The van der Waals surface area contributed by atoms with Crippen LogP contribution in [0.2, 0.25) is 0 Å². The summed E-state index contributed by atoms with van der Waals surface area (Å²) in [5.41, 5.74) is 1.13. The third kappa shape index (κ3) is 2.79. The molecule has 18 heavy (non-hydrogen) atoms. The van der Waals surface area contributed by atoms with Gasteiger partial charge in [-0.25, -0.2) is 0 Å². The topological polar surface area (TPSA) is 87.7 Å². The molecule has 0 fully saturated rings. The van der Waals surface area contributed by atoms with E-state index in [-0.39, 0.29) is 17.5 Å². The summed E-state index contributed by atoms with van der Waals surface area (Å²) in [5.74, 6) is -0.429. The zero-order chi connectivity index (χ0) is 13.0. The molecule has 0 spiro atoms. The van der Waals surface area contributed by atoms with Gasteiger partial charge in [0.2, 0.25) is 0 Å². The number of hydrogen-bond acceptors (Lipinski definition) is 4. The number of nitrogens with one attached hydrogen (secondary N) is 2. The maximum atomic E-state index is 11.8. The summed E-state index contributed by atoms with van der Waals surface area (Å²) >= 11 is 0. The molecule has 2 heterocycles. The molecule has 92 valence electrons. The summed E-state index contributed by atoms with van der Waals surface area (Å²) in [4.78, 5) is 26.2. The maximum Gasteiger partial charge on any atom is 0.257 e. The van der Waals surface area contributed by atoms with Crippen LogP contribution in [0.3, 0.4) is 0 Å². The minimum absolute atomic E-state index is 0.0875. The molecular weight excluding hydrogens is 232 g/mol. The summed E-state index contributed by atoms with van der Waals surface area (Å²) in [6.45, 7) is 1.99. The molecule has 0 atom stereocenters. The summed E-state index contributed by atoms with van der Waals surface area (Å²) in [7, 11) is 0. The van der Waals surface area contributed by atoms with Crippen molar-refractivity contribution in [1.29, 1.82) is 0 Å². The maximum absolute atomic E-state index is 11.8. The quantitative estimate of drug-likeness (QED) is 0.818. The highest BCUT2D eigenvalue weighted by Crippen LogP contribution is 1.94. The van der Waals surface area contributed by atoms with Crippen LogP contribution in [0.5, 0.6) is 0 Å². The Balaban J connectivity index is 2.06. The number of pyridine rings is 1. The van der Waals surface area contributed by atoms with Gasteiger partial charge in [0, 0.05) is 24.2 Å². The van der Waals surface area contributed by atoms with Crippen LogP contribution in [-0.4, -0.2) is 21.1 Å². The molecule has 0 aliphatic carbocycles. The van der Waals surface area contributed by atoms with Crippen molar-refractivity contribution in [2.45, 2.75) is 13.5 Å². The molecule has 0 aliphatic rings. The first kappa shape index (κ1) is 12.0. The first-order chi connectivity index (χ1) is 8.66. The van der Waals surface area contributed by atoms with E-state index in [1.165, 1.54) is 12.3 Å². The number of carbonyl (C=O) groups is 1. The molecule has 0 unspecified atom stereocenters. The second kappa shape index (κ2) is 5.22. The third-order valence-corrected chi connectivity index (χ3v) is 2.36. The number of H-pyrrole nitrogens is 1. The fourth-order valence-corrected chi connectivity index (χ4v) is 1.44. The summed E-state index contributed by atoms with van der Waals surface area (Å²) < 4.78 is 0. The smallest absolute Gasteiger partial charge is 0.257 e. The lowest BCUT2D eigenvalue weighted by atomic mass is 10.2. The lowest BCUT2D eigenvalue weighted by molar-refractivity contribution is 0.0949. The molecule has 0 saturated carbocycles. The van der Waals surface area contributed by atoms with E-state index in [9.17, 15) is 9.59 Å². The Labute approximate surface area is 103 Å². The Kier molecular flexibility index (Phi) is 3.47. The van der Waals surface area contributed by atoms with E-state index in [2.05, 4.69) is 20.5 Å². The van der Waals surface area contributed by atoms with Crippen LogP contribution in [0.4, 0.5) is 0 Å². The van der Waals surface area contributed by atoms with Crippen LogP contribution in [0.25, 0.3) is 0 Å². The SMILES string of the molecule is Cc1cc(=O)c(C(=O)NCc2cccnn2)c[nH]1. The zero-order valence-electron chi connectivity index (χ0n) is 9.80. The predicted molar refractivity (Wildman–Crippen MR) is 65.0 cm³/mol. The zero-order valence-corrected chi connectivity index (χ0v) is 9.80. The van der Waals surface area contributed by atoms with Crippen molar-refractivity contribution in [3.05, 3.63) is 57.8 Å². The molecule has 6 nitrogen and oxygen atoms in total. The number of rotatable bonds is 3. The molecule has 2 aromatic heterocycles. The van der Waals surface area contributed by atoms with Crippen LogP contribution >= 0.6 is 0 Å². The number of amides is 1. The summed E-state index contributed by atoms with van der Waals surface area (Å²) in [6, 6.07) is 4.86. The molecule has 0 saturated heterocycles. The highest BCUT2D eigenvalue weighted by Gasteiger charge is 2.09. The number of carbonyl (C=O) groups excluding carboxylic acids is 1. The molecule has 0 aliphatic heterocycles. The van der Waals surface area contributed by atoms with Crippen LogP contribution in [0.15, 0.2) is 35.4 Å². The van der Waals surface area contributed by atoms with Crippen molar-refractivity contribution < 1.29 is 4.79 Å². The molecule has 0 aromatic carbocycles. The number of aromatic amines is 1. The van der Waals surface area contributed by atoms with Crippen LogP contribution < -0.4 is 10.7 Å². The Hall–Kier alpha value is -2.50. The lowest BCUT2D eigenvalue weighted by Gasteiger charge is -2.03. The highest BCUT2D eigenvalue weighted by atomic mass is 16.2. The minimum Gasteiger partial charge on any atom is -0.364 e. The highest BCUT2D eigenvalue weighted by molar-refractivity contribution is 5.93. The lowest BCUT2D eigenvalue weighted by Crippen LogP contribution is -2.28. The van der Waals surface area contributed by atoms with Crippen molar-refractivity contribution >= 4 is 5.91 Å². The Bertz CT molecular complexity index is 607. The van der Waals surface area contributed by atoms with Gasteiger partial charge in [-0.15, -0.1) is 0 Å². The van der Waals surface area contributed by atoms with Gasteiger partial charge in [-0.05, 0) is 19.1 Å². The van der Waals surface area contributed by atoms with Crippen LogP contribution in [-0.2, 0) is 6.54 Å². The van der Waals surface area contributed by atoms with Crippen LogP contribution in [0.1, 0.15) is 21.7 Å². The molecular formula is C12H12N4O2. The molecule has 6 heteroatoms. The van der Waals surface area contributed by atoms with E-state index in [0.29, 0.717) is 11.4 Å². The predicted octanol–water partition coefficient (Wildman–Crippen LogP) is 0.403. The number of hydrogen-bond donors (Lipinski definition) is 2. The van der Waals surface area contributed by atoms with E-state index < -0.39 is 5.91 Å². The van der Waals surface area contributed by atoms with Gasteiger partial charge in [-0.3, -0.25) is 9.59 Å². The average Bonchev–Trinajstić information content (AvgIpc) is 2.37. The van der Waals surface area contributed by atoms with E-state index in [1.807, 2.05) is 0 Å². The minimum atomic E-state index is -0.429. The normalized spacial score (nSPS) is 10.1. The summed E-state index contributed by atoms with van der Waals surface area (Å²) in [5, 5.41) is 10.1. The van der Waals surface area contributed by atoms with Gasteiger partial charge in [-0.1, -0.05) is 0 Å². The molecule has 2 aromatic rings. The van der Waals surface area contributed by atoms with E-state index in [4.69, 9.17) is 0 Å². The van der Waals surface area contributed by atoms with Crippen molar-refractivity contribution in [2.75, 3.05) is 0 Å². The van der Waals surface area contributed by atoms with Gasteiger partial charge in [0.15, 0.2) is 5.43 Å². The number of aromatic nitrogens is 3. The molecule has 2 N–H and O–H groups in total. The van der Waals surface area contributed by atoms with Gasteiger partial charge >= 0.3 is 0 Å². The molecule has 1 amide bonds. The average molecular weight is 244 g/mol. The molecule has 0 bridgehead atoms. The molecule has 0 radical (unpaired) electrons. The van der Waals surface area contributed by atoms with Crippen molar-refractivity contribution in [3.63, 3.8) is 0 Å². The Morgan fingerprint density at radius 3 is 3.00 bits per heavy atom. The third-order valence-electron chi connectivity index (χ3n) is 2.36. The van der Waals surface area contributed by atoms with E-state index in [0.717, 1.165) is 0 Å². The van der Waals surface area contributed by atoms with Crippen molar-refractivity contribution in [2.24, 2.45) is 0 Å². The van der Waals surface area contributed by atoms with Gasteiger partial charge in [0.1, 0.15) is 5.56 Å². The van der Waals surface area contributed by atoms with Crippen molar-refractivity contribution in [3.8, 4) is 0 Å². The van der Waals surface area contributed by atoms with Gasteiger partial charge < -0.3 is 10.3 Å². The Morgan fingerprint density at radius 1 is 1.50 bits per heavy atom. The van der Waals surface area contributed by atoms with Crippen molar-refractivity contribution in [1.82, 2.24) is 20.5 Å². The second-order valence-corrected chi connectivity index (χ2v) is 3.79. The first-order valence-electron chi connectivity index (χ1n) is 5.41. The number of nitrogens with zero attached hydrogens (tertiary/aromatic N) is 2. The second-order valence-electron chi connectivity index (χ2n) is 3.79. The Morgan fingerprint density at radius 2 is 2.33 bits per heavy atom. The molecule has 2 rings (SSSR count). The largest absolute Gasteiger partial charge is 0.364 e. The first-order valence-corrected chi connectivity index (χ1v) is 5.41. The van der Waals surface area contributed by atoms with E-state index in [1.54, 1.807) is 25.3 Å². The fourth-order valence-electron chi connectivity index (χ4n) is 1.44. The van der Waals surface area contributed by atoms with Gasteiger partial charge in [0.05, 0.1) is 12.2 Å². The number of aryl methyl sites for hydroxylation is 1. The van der Waals surface area contributed by atoms with Gasteiger partial charge in [-0.2, -0.15) is 10.2 Å². The standard InChI is InChI=1S/C12H12N4O2/c1-8-5-11(17)10(7-13-8)12(18)14-6-9-3-2-4-15-16-9/h2-5,7H,6H2,1H3,(H,13,17)(H,14,18). The van der Waals surface area contributed by atoms with Gasteiger partial charge in [0.25, 0.3) is 5.91 Å². The fraction of sp³-hybridized carbons (Fsp3) is 0.167. The summed E-state index contributed by atoms with van der Waals surface area (Å²) in [6.07, 6.45) is 2.96. The van der Waals surface area contributed by atoms with E-state index >= 15 is 0 Å².